The highest BCUT2D eigenvalue weighted by atomic mass is 32.2. The molecule has 0 bridgehead atoms. The molecule has 4 aromatic rings. The van der Waals surface area contributed by atoms with E-state index < -0.39 is 50.3 Å². The number of aromatic nitrogens is 3. The zero-order valence-electron chi connectivity index (χ0n) is 27.1. The zero-order chi connectivity index (χ0) is 34.9. The Morgan fingerprint density at radius 1 is 1.04 bits per heavy atom. The molecule has 50 heavy (non-hydrogen) atoms. The van der Waals surface area contributed by atoms with Crippen molar-refractivity contribution in [2.75, 3.05) is 26.2 Å². The average molecular weight is 731 g/mol. The first-order chi connectivity index (χ1) is 24.0. The number of halogens is 3. The molecule has 1 N–H and O–H groups in total. The number of carbonyl (C=O) groups is 1. The van der Waals surface area contributed by atoms with E-state index in [0.717, 1.165) is 28.5 Å². The van der Waals surface area contributed by atoms with Gasteiger partial charge in [0, 0.05) is 49.4 Å². The van der Waals surface area contributed by atoms with Gasteiger partial charge in [0.05, 0.1) is 37.6 Å². The first-order valence-electron chi connectivity index (χ1n) is 16.4. The van der Waals surface area contributed by atoms with Crippen LogP contribution in [-0.4, -0.2) is 82.4 Å². The fourth-order valence-corrected chi connectivity index (χ4v) is 9.42. The number of hydrogen-bond donors (Lipinski definition) is 1. The fraction of sp³-hybridized carbons (Fsp3) is 0.441. The molecule has 266 valence electrons. The van der Waals surface area contributed by atoms with Gasteiger partial charge in [-0.2, -0.15) is 17.5 Å². The molecule has 1 amide bonds. The van der Waals surface area contributed by atoms with Crippen LogP contribution in [-0.2, 0) is 45.4 Å². The molecule has 0 saturated carbocycles. The third kappa shape index (κ3) is 7.59. The molecule has 2 atom stereocenters. The molecule has 2 aromatic heterocycles. The summed E-state index contributed by atoms with van der Waals surface area (Å²) in [4.78, 5) is 17.1. The number of benzene rings is 2. The lowest BCUT2D eigenvalue weighted by Gasteiger charge is -2.43. The van der Waals surface area contributed by atoms with Crippen LogP contribution in [0.5, 0.6) is 5.75 Å². The van der Waals surface area contributed by atoms with Gasteiger partial charge in [-0.15, -0.1) is 16.4 Å². The van der Waals surface area contributed by atoms with Gasteiger partial charge >= 0.3 is 6.18 Å². The quantitative estimate of drug-likeness (QED) is 0.291. The molecule has 3 aliphatic heterocycles. The minimum absolute atomic E-state index is 0.00359. The van der Waals surface area contributed by atoms with Crippen LogP contribution in [0.1, 0.15) is 47.4 Å². The van der Waals surface area contributed by atoms with Crippen LogP contribution in [0.15, 0.2) is 77.1 Å². The number of hydrogen-bond acceptors (Lipinski definition) is 9. The van der Waals surface area contributed by atoms with Crippen molar-refractivity contribution >= 4 is 27.3 Å². The summed E-state index contributed by atoms with van der Waals surface area (Å²) in [7, 11) is -4.65. The Balaban J connectivity index is 1.13. The van der Waals surface area contributed by atoms with Gasteiger partial charge in [0.1, 0.15) is 22.4 Å². The second kappa shape index (κ2) is 14.1. The van der Waals surface area contributed by atoms with E-state index >= 15 is 0 Å². The van der Waals surface area contributed by atoms with Gasteiger partial charge in [0.25, 0.3) is 0 Å². The fourth-order valence-electron chi connectivity index (χ4n) is 6.88. The number of likely N-dealkylation sites (tertiary alicyclic amines) is 1. The Morgan fingerprint density at radius 3 is 2.58 bits per heavy atom. The summed E-state index contributed by atoms with van der Waals surface area (Å²) in [6.45, 7) is 2.47. The van der Waals surface area contributed by atoms with Gasteiger partial charge in [0.2, 0.25) is 15.9 Å². The van der Waals surface area contributed by atoms with Crippen LogP contribution >= 0.6 is 11.3 Å². The van der Waals surface area contributed by atoms with Crippen LogP contribution in [0.4, 0.5) is 13.2 Å². The predicted molar refractivity (Wildman–Crippen MR) is 178 cm³/mol. The normalized spacial score (nSPS) is 22.7. The summed E-state index contributed by atoms with van der Waals surface area (Å²) in [5, 5.41) is 13.6. The van der Waals surface area contributed by atoms with Crippen molar-refractivity contribution in [2.24, 2.45) is 0 Å². The molecule has 5 heterocycles. The number of fused-ring (bicyclic) bond motifs is 2. The molecule has 3 aliphatic rings. The maximum absolute atomic E-state index is 14.2. The van der Waals surface area contributed by atoms with Gasteiger partial charge in [0.15, 0.2) is 0 Å². The van der Waals surface area contributed by atoms with Crippen molar-refractivity contribution < 1.29 is 35.9 Å². The van der Waals surface area contributed by atoms with Crippen molar-refractivity contribution in [3.63, 3.8) is 0 Å². The monoisotopic (exact) mass is 730 g/mol. The maximum Gasteiger partial charge on any atom is 0.416 e. The van der Waals surface area contributed by atoms with Crippen molar-refractivity contribution in [2.45, 2.75) is 74.1 Å². The first-order valence-corrected chi connectivity index (χ1v) is 18.8. The van der Waals surface area contributed by atoms with E-state index in [4.69, 9.17) is 9.47 Å². The van der Waals surface area contributed by atoms with Crippen LogP contribution in [0, 0.1) is 0 Å². The van der Waals surface area contributed by atoms with Crippen LogP contribution in [0.2, 0.25) is 0 Å². The number of nitrogens with zero attached hydrogens (tertiary/aromatic N) is 5. The third-order valence-corrected chi connectivity index (χ3v) is 12.4. The smallest absolute Gasteiger partial charge is 0.416 e. The molecule has 1 spiro atoms. The molecular weight excluding hydrogens is 694 g/mol. The summed E-state index contributed by atoms with van der Waals surface area (Å²) < 4.78 is 84.6. The molecule has 2 fully saturated rings. The Hall–Kier alpha value is -3.83. The van der Waals surface area contributed by atoms with E-state index in [-0.39, 0.29) is 31.9 Å². The summed E-state index contributed by atoms with van der Waals surface area (Å²) in [5.41, 5.74) is -0.267. The Kier molecular flexibility index (Phi) is 9.73. The van der Waals surface area contributed by atoms with Gasteiger partial charge in [-0.05, 0) is 48.1 Å². The molecule has 0 unspecified atom stereocenters. The molecule has 2 saturated heterocycles. The SMILES string of the molecule is O=C1NC2(CCOc3ccc(C(F)(F)F)cc3S(=O)(=O)N3C[C@H](OCc4cn(Cc5ccccc5)nn4)C[C@@H]13)CCN(Cc1cccs1)CC2. The van der Waals surface area contributed by atoms with E-state index in [1.54, 1.807) is 22.2 Å². The van der Waals surface area contributed by atoms with Crippen molar-refractivity contribution in [3.8, 4) is 5.75 Å². The molecule has 0 radical (unpaired) electrons. The summed E-state index contributed by atoms with van der Waals surface area (Å²) in [5.74, 6) is -0.689. The van der Waals surface area contributed by atoms with Gasteiger partial charge in [-0.25, -0.2) is 13.1 Å². The molecule has 7 rings (SSSR count). The largest absolute Gasteiger partial charge is 0.492 e. The van der Waals surface area contributed by atoms with Crippen LogP contribution in [0.25, 0.3) is 0 Å². The number of sulfonamides is 1. The lowest BCUT2D eigenvalue weighted by Crippen LogP contribution is -2.59. The number of ether oxygens (including phenoxy) is 2. The number of piperidine rings is 1. The summed E-state index contributed by atoms with van der Waals surface area (Å²) >= 11 is 1.68. The number of amides is 1. The number of nitrogens with one attached hydrogen (secondary N) is 1. The Bertz CT molecular complexity index is 1900. The van der Waals surface area contributed by atoms with Crippen LogP contribution < -0.4 is 10.1 Å². The Morgan fingerprint density at radius 2 is 1.84 bits per heavy atom. The lowest BCUT2D eigenvalue weighted by atomic mass is 9.84. The molecular formula is C34H37F3N6O5S2. The van der Waals surface area contributed by atoms with E-state index in [1.807, 2.05) is 41.8 Å². The van der Waals surface area contributed by atoms with Gasteiger partial charge < -0.3 is 14.8 Å². The number of carbonyl (C=O) groups excluding carboxylic acids is 1. The predicted octanol–water partition coefficient (Wildman–Crippen LogP) is 4.69. The van der Waals surface area contributed by atoms with E-state index in [1.165, 1.54) is 4.88 Å². The van der Waals surface area contributed by atoms with Crippen molar-refractivity contribution in [3.05, 3.63) is 93.9 Å². The molecule has 11 nitrogen and oxygen atoms in total. The number of alkyl halides is 3. The Labute approximate surface area is 292 Å². The minimum atomic E-state index is -4.79. The topological polar surface area (TPSA) is 119 Å². The molecule has 0 aliphatic carbocycles. The van der Waals surface area contributed by atoms with Gasteiger partial charge in [-0.3, -0.25) is 9.69 Å². The van der Waals surface area contributed by atoms with E-state index in [0.29, 0.717) is 50.7 Å². The average Bonchev–Trinajstić information content (AvgIpc) is 3.87. The maximum atomic E-state index is 14.2. The first kappa shape index (κ1) is 34.6. The highest BCUT2D eigenvalue weighted by Crippen LogP contribution is 2.39. The highest BCUT2D eigenvalue weighted by Gasteiger charge is 2.48. The lowest BCUT2D eigenvalue weighted by molar-refractivity contribution is -0.137. The number of thiophene rings is 1. The minimum Gasteiger partial charge on any atom is -0.492 e. The molecule has 16 heteroatoms. The second-order valence-electron chi connectivity index (χ2n) is 13.0. The second-order valence-corrected chi connectivity index (χ2v) is 15.9. The van der Waals surface area contributed by atoms with Crippen molar-refractivity contribution in [1.82, 2.24) is 29.5 Å². The van der Waals surface area contributed by atoms with Crippen molar-refractivity contribution in [1.29, 1.82) is 0 Å². The highest BCUT2D eigenvalue weighted by molar-refractivity contribution is 7.89. The van der Waals surface area contributed by atoms with E-state index in [2.05, 4.69) is 26.6 Å². The zero-order valence-corrected chi connectivity index (χ0v) is 28.7. The number of rotatable bonds is 7. The standard InChI is InChI=1S/C34H37F3N6O5S2/c35-34(36,37)25-8-9-30-31(17-25)50(45,46)43-21-27(48-23-26-20-42(40-39-26)19-24-5-2-1-3-6-24)18-29(43)32(44)38-33(12-15-47-30)10-13-41(14-11-33)22-28-7-4-16-49-28/h1-9,16-17,20,27,29H,10-15,18-19,21-23H2,(H,38,44)/t27-,29+/m1/s1. The molecule has 2 aromatic carbocycles. The summed E-state index contributed by atoms with van der Waals surface area (Å²) in [6, 6.07) is 15.1. The van der Waals surface area contributed by atoms with Crippen LogP contribution in [0.3, 0.4) is 0 Å². The summed E-state index contributed by atoms with van der Waals surface area (Å²) in [6.07, 6.45) is -2.22. The third-order valence-electron chi connectivity index (χ3n) is 9.62. The van der Waals surface area contributed by atoms with Gasteiger partial charge in [-0.1, -0.05) is 41.6 Å². The van der Waals surface area contributed by atoms with E-state index in [9.17, 15) is 26.4 Å².